The Balaban J connectivity index is 0.000000400. The van der Waals surface area contributed by atoms with E-state index in [2.05, 4.69) is 33.2 Å². The number of benzene rings is 1. The van der Waals surface area contributed by atoms with E-state index in [1.807, 2.05) is 79.0 Å². The van der Waals surface area contributed by atoms with E-state index in [1.54, 1.807) is 18.7 Å². The number of H-pyrrole nitrogens is 1. The first kappa shape index (κ1) is 23.3. The third kappa shape index (κ3) is 5.28. The quantitative estimate of drug-likeness (QED) is 0.499. The summed E-state index contributed by atoms with van der Waals surface area (Å²) in [6, 6.07) is 10.3. The maximum atomic E-state index is 4.87. The molecule has 2 aromatic rings. The van der Waals surface area contributed by atoms with E-state index in [9.17, 15) is 0 Å². The molecule has 6 nitrogen and oxygen atoms in total. The fraction of sp³-hybridized carbons (Fsp3) is 0. The van der Waals surface area contributed by atoms with Crippen molar-refractivity contribution >= 4 is 28.4 Å². The van der Waals surface area contributed by atoms with Crippen LogP contribution in [0.5, 0.6) is 0 Å². The second-order valence-electron chi connectivity index (χ2n) is 8.07. The average molecular weight is 516 g/mol. The number of aromatic nitrogens is 2. The Bertz CT molecular complexity index is 1530. The third-order valence-electron chi connectivity index (χ3n) is 5.53. The molecule has 1 N–H and O–H groups in total. The van der Waals surface area contributed by atoms with Crippen LogP contribution >= 0.6 is 0 Å². The summed E-state index contributed by atoms with van der Waals surface area (Å²) in [5.74, 6) is 0. The van der Waals surface area contributed by atoms with Gasteiger partial charge in [-0.25, -0.2) is 25.0 Å². The van der Waals surface area contributed by atoms with Crippen LogP contribution in [0.2, 0.25) is 0 Å². The van der Waals surface area contributed by atoms with Crippen molar-refractivity contribution in [3.63, 3.8) is 0 Å². The van der Waals surface area contributed by atoms with E-state index in [4.69, 9.17) is 15.0 Å². The van der Waals surface area contributed by atoms with Crippen LogP contribution < -0.4 is 0 Å². The van der Waals surface area contributed by atoms with Crippen molar-refractivity contribution in [1.29, 1.82) is 0 Å². The van der Waals surface area contributed by atoms with Gasteiger partial charge in [0.2, 0.25) is 0 Å². The summed E-state index contributed by atoms with van der Waals surface area (Å²) in [6.07, 6.45) is 27.2. The molecule has 1 radical (unpaired) electrons. The number of hydrogen-bond donors (Lipinski definition) is 1. The van der Waals surface area contributed by atoms with Crippen molar-refractivity contribution in [3.05, 3.63) is 144 Å². The molecule has 5 aliphatic heterocycles. The molecule has 36 heavy (non-hydrogen) atoms. The van der Waals surface area contributed by atoms with Crippen LogP contribution in [0.15, 0.2) is 159 Å². The van der Waals surface area contributed by atoms with Crippen LogP contribution in [0.3, 0.4) is 0 Å². The van der Waals surface area contributed by atoms with Crippen molar-refractivity contribution in [1.82, 2.24) is 9.97 Å². The summed E-state index contributed by atoms with van der Waals surface area (Å²) in [6.45, 7) is 0. The largest absolute Gasteiger partial charge is 0.351 e. The number of imidazole rings is 1. The Labute approximate surface area is 219 Å². The first-order chi connectivity index (χ1) is 17.3. The smallest absolute Gasteiger partial charge is 0.0919 e. The molecule has 5 aliphatic rings. The number of aliphatic imine (C=N–C) groups is 4. The van der Waals surface area contributed by atoms with E-state index in [1.165, 1.54) is 0 Å². The SMILES string of the molecule is C1=CC2=NC1=CC1=NC(=CC3=NC(=CC4=NC(=C2)C=C4)C(c2ccccc2)=C3)C=C1.[Cu].c1c[nH]cn1. The molecule has 0 spiro atoms. The Kier molecular flexibility index (Phi) is 6.76. The van der Waals surface area contributed by atoms with Gasteiger partial charge < -0.3 is 4.98 Å². The van der Waals surface area contributed by atoms with E-state index in [0.717, 1.165) is 56.8 Å². The second-order valence-corrected chi connectivity index (χ2v) is 8.07. The van der Waals surface area contributed by atoms with Gasteiger partial charge in [0.05, 0.1) is 52.0 Å². The van der Waals surface area contributed by atoms with Crippen LogP contribution in [0.1, 0.15) is 5.56 Å². The van der Waals surface area contributed by atoms with Crippen LogP contribution in [0, 0.1) is 0 Å². The third-order valence-corrected chi connectivity index (χ3v) is 5.53. The standard InChI is InChI=1S/C26H16N4.C3H4N2.Cu/c1-2-4-17(5-3-1)25-15-24-14-22-9-8-20(28-22)12-18-6-7-19(27-18)13-21-10-11-23(29-21)16-26(25)30-24;1-2-5-3-4-1;/h1-16H;1-3H,(H,4,5);. The molecule has 0 saturated heterocycles. The zero-order valence-electron chi connectivity index (χ0n) is 19.0. The number of rotatable bonds is 1. The van der Waals surface area contributed by atoms with Crippen molar-refractivity contribution < 1.29 is 17.1 Å². The Morgan fingerprint density at radius 1 is 0.556 bits per heavy atom. The van der Waals surface area contributed by atoms with Gasteiger partial charge in [-0.3, -0.25) is 0 Å². The molecule has 0 fully saturated rings. The molecule has 177 valence electrons. The zero-order chi connectivity index (χ0) is 23.5. The van der Waals surface area contributed by atoms with Crippen LogP contribution in [-0.2, 0) is 17.1 Å². The van der Waals surface area contributed by atoms with Crippen LogP contribution in [0.4, 0.5) is 0 Å². The minimum Gasteiger partial charge on any atom is -0.351 e. The Morgan fingerprint density at radius 3 is 1.67 bits per heavy atom. The number of nitrogens with one attached hydrogen (secondary N) is 1. The molecular formula is C29H20CuN6. The number of aromatic amines is 1. The van der Waals surface area contributed by atoms with Crippen LogP contribution in [-0.4, -0.2) is 32.8 Å². The molecule has 0 saturated carbocycles. The molecule has 8 bridgehead atoms. The molecule has 7 rings (SSSR count). The van der Waals surface area contributed by atoms with Gasteiger partial charge >= 0.3 is 0 Å². The van der Waals surface area contributed by atoms with Crippen molar-refractivity contribution in [2.24, 2.45) is 20.0 Å². The summed E-state index contributed by atoms with van der Waals surface area (Å²) in [4.78, 5) is 25.4. The summed E-state index contributed by atoms with van der Waals surface area (Å²) in [7, 11) is 0. The van der Waals surface area contributed by atoms with Gasteiger partial charge in [0.25, 0.3) is 0 Å². The van der Waals surface area contributed by atoms with Crippen molar-refractivity contribution in [2.45, 2.75) is 0 Å². The Hall–Kier alpha value is -4.45. The van der Waals surface area contributed by atoms with Gasteiger partial charge in [-0.1, -0.05) is 30.3 Å². The van der Waals surface area contributed by atoms with Gasteiger partial charge in [-0.15, -0.1) is 0 Å². The molecule has 0 atom stereocenters. The number of nitrogens with zero attached hydrogens (tertiary/aromatic N) is 5. The zero-order valence-corrected chi connectivity index (χ0v) is 19.9. The molecule has 0 aliphatic carbocycles. The van der Waals surface area contributed by atoms with Crippen molar-refractivity contribution in [2.75, 3.05) is 0 Å². The predicted octanol–water partition coefficient (Wildman–Crippen LogP) is 5.51. The topological polar surface area (TPSA) is 78.1 Å². The second kappa shape index (κ2) is 10.4. The maximum absolute atomic E-state index is 4.87. The minimum atomic E-state index is 0. The normalized spacial score (nSPS) is 18.4. The number of hydrogen-bond acceptors (Lipinski definition) is 5. The molecule has 7 heteroatoms. The van der Waals surface area contributed by atoms with E-state index < -0.39 is 0 Å². The summed E-state index contributed by atoms with van der Waals surface area (Å²) in [5, 5.41) is 0. The summed E-state index contributed by atoms with van der Waals surface area (Å²) >= 11 is 0. The van der Waals surface area contributed by atoms with Gasteiger partial charge in [0.1, 0.15) is 0 Å². The van der Waals surface area contributed by atoms with E-state index >= 15 is 0 Å². The molecular weight excluding hydrogens is 496 g/mol. The van der Waals surface area contributed by atoms with Gasteiger partial charge in [-0.2, -0.15) is 0 Å². The molecule has 1 aromatic carbocycles. The summed E-state index contributed by atoms with van der Waals surface area (Å²) < 4.78 is 0. The Morgan fingerprint density at radius 2 is 1.14 bits per heavy atom. The maximum Gasteiger partial charge on any atom is 0.0919 e. The monoisotopic (exact) mass is 515 g/mol. The van der Waals surface area contributed by atoms with Gasteiger partial charge in [0, 0.05) is 35.0 Å². The van der Waals surface area contributed by atoms with Gasteiger partial charge in [-0.05, 0) is 72.4 Å². The average Bonchev–Trinajstić information content (AvgIpc) is 3.69. The first-order valence-corrected chi connectivity index (χ1v) is 11.2. The minimum absolute atomic E-state index is 0. The first-order valence-electron chi connectivity index (χ1n) is 11.2. The fourth-order valence-electron chi connectivity index (χ4n) is 3.96. The van der Waals surface area contributed by atoms with Crippen LogP contribution in [0.25, 0.3) is 5.57 Å². The van der Waals surface area contributed by atoms with E-state index in [0.29, 0.717) is 0 Å². The molecule has 1 aromatic heterocycles. The fourth-order valence-corrected chi connectivity index (χ4v) is 3.96. The molecule has 6 heterocycles. The van der Waals surface area contributed by atoms with Crippen molar-refractivity contribution in [3.8, 4) is 0 Å². The number of allylic oxidation sites excluding steroid dienone is 12. The van der Waals surface area contributed by atoms with Gasteiger partial charge in [0.15, 0.2) is 0 Å². The molecule has 0 unspecified atom stereocenters. The molecule has 0 amide bonds. The van der Waals surface area contributed by atoms with E-state index in [-0.39, 0.29) is 17.1 Å². The summed E-state index contributed by atoms with van der Waals surface area (Å²) in [5.41, 5.74) is 9.28. The predicted molar refractivity (Wildman–Crippen MR) is 142 cm³/mol. The number of fused-ring (bicyclic) bond motifs is 4.